The van der Waals surface area contributed by atoms with E-state index in [1.807, 2.05) is 32.0 Å². The minimum Gasteiger partial charge on any atom is -0.497 e. The van der Waals surface area contributed by atoms with Gasteiger partial charge in [-0.2, -0.15) is 0 Å². The Labute approximate surface area is 119 Å². The van der Waals surface area contributed by atoms with Crippen LogP contribution in [0.2, 0.25) is 0 Å². The average Bonchev–Trinajstić information content (AvgIpc) is 2.38. The van der Waals surface area contributed by atoms with Crippen LogP contribution in [0.5, 0.6) is 11.5 Å². The second-order valence-electron chi connectivity index (χ2n) is 5.21. The Balaban J connectivity index is 2.58. The third-order valence-corrected chi connectivity index (χ3v) is 2.99. The van der Waals surface area contributed by atoms with Crippen LogP contribution in [0.1, 0.15) is 27.2 Å². The fourth-order valence-corrected chi connectivity index (χ4v) is 1.94. The van der Waals surface area contributed by atoms with Crippen LogP contribution in [0.15, 0.2) is 24.3 Å². The molecule has 0 heterocycles. The first kappa shape index (κ1) is 16.3. The lowest BCUT2D eigenvalue weighted by Gasteiger charge is -2.28. The molecule has 0 aliphatic heterocycles. The Morgan fingerprint density at radius 3 is 2.60 bits per heavy atom. The highest BCUT2D eigenvalue weighted by molar-refractivity contribution is 5.78. The van der Waals surface area contributed by atoms with Crippen LogP contribution >= 0.6 is 0 Å². The van der Waals surface area contributed by atoms with Crippen molar-refractivity contribution in [2.45, 2.75) is 38.8 Å². The van der Waals surface area contributed by atoms with Crippen LogP contribution in [0, 0.1) is 0 Å². The van der Waals surface area contributed by atoms with Crippen molar-refractivity contribution in [3.8, 4) is 11.5 Å². The lowest BCUT2D eigenvalue weighted by Crippen LogP contribution is -2.53. The Morgan fingerprint density at radius 1 is 1.40 bits per heavy atom. The second-order valence-corrected chi connectivity index (χ2v) is 5.21. The summed E-state index contributed by atoms with van der Waals surface area (Å²) in [6, 6.07) is 7.34. The number of nitrogens with one attached hydrogen (secondary N) is 1. The molecule has 0 spiro atoms. The lowest BCUT2D eigenvalue weighted by molar-refractivity contribution is -0.145. The van der Waals surface area contributed by atoms with E-state index in [2.05, 4.69) is 5.32 Å². The molecule has 5 heteroatoms. The van der Waals surface area contributed by atoms with Gasteiger partial charge in [0.25, 0.3) is 0 Å². The SMILES string of the molecule is COc1cccc(OCCC(C)(NC(C)C)C(=O)O)c1. The minimum absolute atomic E-state index is 0.0907. The van der Waals surface area contributed by atoms with Gasteiger partial charge in [0.1, 0.15) is 17.0 Å². The molecule has 112 valence electrons. The van der Waals surface area contributed by atoms with Crippen molar-refractivity contribution in [1.29, 1.82) is 0 Å². The Bertz CT molecular complexity index is 447. The predicted molar refractivity (Wildman–Crippen MR) is 77.4 cm³/mol. The number of rotatable bonds is 8. The summed E-state index contributed by atoms with van der Waals surface area (Å²) in [6.07, 6.45) is 0.373. The van der Waals surface area contributed by atoms with Crippen LogP contribution in [-0.2, 0) is 4.79 Å². The van der Waals surface area contributed by atoms with Gasteiger partial charge in [-0.3, -0.25) is 10.1 Å². The molecule has 1 atom stereocenters. The molecule has 0 aliphatic rings. The van der Waals surface area contributed by atoms with Crippen LogP contribution in [0.25, 0.3) is 0 Å². The topological polar surface area (TPSA) is 67.8 Å². The summed E-state index contributed by atoms with van der Waals surface area (Å²) in [5.74, 6) is 0.505. The molecule has 0 saturated carbocycles. The van der Waals surface area contributed by atoms with Gasteiger partial charge in [0, 0.05) is 18.5 Å². The van der Waals surface area contributed by atoms with Gasteiger partial charge in [-0.15, -0.1) is 0 Å². The molecule has 0 bridgehead atoms. The molecule has 1 unspecified atom stereocenters. The molecule has 2 N–H and O–H groups in total. The molecule has 1 aromatic carbocycles. The third kappa shape index (κ3) is 4.74. The van der Waals surface area contributed by atoms with Crippen molar-refractivity contribution in [3.63, 3.8) is 0 Å². The summed E-state index contributed by atoms with van der Waals surface area (Å²) in [5.41, 5.74) is -0.993. The fraction of sp³-hybridized carbons (Fsp3) is 0.533. The fourth-order valence-electron chi connectivity index (χ4n) is 1.94. The van der Waals surface area contributed by atoms with Gasteiger partial charge >= 0.3 is 5.97 Å². The van der Waals surface area contributed by atoms with Gasteiger partial charge in [-0.05, 0) is 32.9 Å². The molecule has 0 aromatic heterocycles. The molecule has 0 saturated heterocycles. The average molecular weight is 281 g/mol. The maximum atomic E-state index is 11.4. The number of carboxylic acid groups (broad SMARTS) is 1. The summed E-state index contributed by atoms with van der Waals surface area (Å²) in [5, 5.41) is 12.4. The van der Waals surface area contributed by atoms with E-state index < -0.39 is 11.5 Å². The van der Waals surface area contributed by atoms with Crippen LogP contribution in [-0.4, -0.2) is 36.4 Å². The number of methoxy groups -OCH3 is 1. The van der Waals surface area contributed by atoms with Gasteiger partial charge < -0.3 is 14.6 Å². The highest BCUT2D eigenvalue weighted by Gasteiger charge is 2.33. The van der Waals surface area contributed by atoms with Gasteiger partial charge in [-0.1, -0.05) is 6.07 Å². The highest BCUT2D eigenvalue weighted by Crippen LogP contribution is 2.20. The molecule has 1 aromatic rings. The van der Waals surface area contributed by atoms with Crippen molar-refractivity contribution in [1.82, 2.24) is 5.32 Å². The number of hydrogen-bond donors (Lipinski definition) is 2. The second kappa shape index (κ2) is 7.14. The summed E-state index contributed by atoms with van der Waals surface area (Å²) in [4.78, 5) is 11.4. The highest BCUT2D eigenvalue weighted by atomic mass is 16.5. The molecular weight excluding hydrogens is 258 g/mol. The smallest absolute Gasteiger partial charge is 0.323 e. The van der Waals surface area contributed by atoms with Crippen LogP contribution < -0.4 is 14.8 Å². The maximum absolute atomic E-state index is 11.4. The van der Waals surface area contributed by atoms with Gasteiger partial charge in [0.2, 0.25) is 0 Å². The zero-order chi connectivity index (χ0) is 15.2. The van der Waals surface area contributed by atoms with E-state index in [4.69, 9.17) is 9.47 Å². The minimum atomic E-state index is -0.993. The van der Waals surface area contributed by atoms with Gasteiger partial charge in [0.15, 0.2) is 0 Å². The Kier molecular flexibility index (Phi) is 5.82. The largest absolute Gasteiger partial charge is 0.497 e. The number of benzene rings is 1. The Morgan fingerprint density at radius 2 is 2.05 bits per heavy atom. The van der Waals surface area contributed by atoms with E-state index in [9.17, 15) is 9.90 Å². The summed E-state index contributed by atoms with van der Waals surface area (Å²) < 4.78 is 10.7. The molecule has 0 radical (unpaired) electrons. The van der Waals surface area contributed by atoms with Crippen molar-refractivity contribution in [2.24, 2.45) is 0 Å². The number of carboxylic acids is 1. The number of ether oxygens (including phenoxy) is 2. The van der Waals surface area contributed by atoms with Gasteiger partial charge in [-0.25, -0.2) is 0 Å². The van der Waals surface area contributed by atoms with E-state index >= 15 is 0 Å². The Hall–Kier alpha value is -1.75. The molecule has 5 nitrogen and oxygen atoms in total. The predicted octanol–water partition coefficient (Wildman–Crippen LogP) is 2.31. The van der Waals surface area contributed by atoms with Crippen molar-refractivity contribution < 1.29 is 19.4 Å². The first-order valence-corrected chi connectivity index (χ1v) is 6.65. The number of hydrogen-bond acceptors (Lipinski definition) is 4. The molecule has 0 aliphatic carbocycles. The quantitative estimate of drug-likeness (QED) is 0.765. The van der Waals surface area contributed by atoms with E-state index in [-0.39, 0.29) is 6.04 Å². The third-order valence-electron chi connectivity index (χ3n) is 2.99. The standard InChI is InChI=1S/C15H23NO4/c1-11(2)16-15(3,14(17)18)8-9-20-13-7-5-6-12(10-13)19-4/h5-7,10-11,16H,8-9H2,1-4H3,(H,17,18). The van der Waals surface area contributed by atoms with Crippen LogP contribution in [0.3, 0.4) is 0 Å². The van der Waals surface area contributed by atoms with Crippen molar-refractivity contribution in [3.05, 3.63) is 24.3 Å². The molecule has 0 amide bonds. The first-order valence-electron chi connectivity index (χ1n) is 6.65. The summed E-state index contributed by atoms with van der Waals surface area (Å²) in [6.45, 7) is 5.83. The number of carbonyl (C=O) groups is 1. The molecular formula is C15H23NO4. The van der Waals surface area contributed by atoms with Gasteiger partial charge in [0.05, 0.1) is 13.7 Å². The normalized spacial score (nSPS) is 13.8. The van der Waals surface area contributed by atoms with Crippen molar-refractivity contribution in [2.75, 3.05) is 13.7 Å². The monoisotopic (exact) mass is 281 g/mol. The molecule has 0 fully saturated rings. The number of aliphatic carboxylic acids is 1. The zero-order valence-corrected chi connectivity index (χ0v) is 12.5. The zero-order valence-electron chi connectivity index (χ0n) is 12.5. The van der Waals surface area contributed by atoms with Crippen LogP contribution in [0.4, 0.5) is 0 Å². The molecule has 1 rings (SSSR count). The lowest BCUT2D eigenvalue weighted by atomic mass is 9.97. The molecule has 20 heavy (non-hydrogen) atoms. The van der Waals surface area contributed by atoms with E-state index in [0.29, 0.717) is 24.5 Å². The summed E-state index contributed by atoms with van der Waals surface area (Å²) >= 11 is 0. The van der Waals surface area contributed by atoms with Crippen molar-refractivity contribution >= 4 is 5.97 Å². The van der Waals surface area contributed by atoms with E-state index in [1.165, 1.54) is 0 Å². The maximum Gasteiger partial charge on any atom is 0.323 e. The van der Waals surface area contributed by atoms with E-state index in [0.717, 1.165) is 0 Å². The van der Waals surface area contributed by atoms with E-state index in [1.54, 1.807) is 20.1 Å². The first-order chi connectivity index (χ1) is 9.37. The summed E-state index contributed by atoms with van der Waals surface area (Å²) in [7, 11) is 1.59.